The molecule has 0 spiro atoms. The Morgan fingerprint density at radius 2 is 1.77 bits per heavy atom. The standard InChI is InChI=1S/C23H24ClN5O2/c1-15(2)22-20(13-26-29(22)19-7-3-16(24)4-8-19)23(31)27-17-5-9-18(10-6-17)28-12-11-25-21(30)14-28/h3-10,13,15H,11-12,14H2,1-2H3,(H,25,30)(H,27,31). The zero-order chi connectivity index (χ0) is 22.0. The van der Waals surface area contributed by atoms with Gasteiger partial charge in [-0.2, -0.15) is 5.10 Å². The topological polar surface area (TPSA) is 79.3 Å². The monoisotopic (exact) mass is 437 g/mol. The highest BCUT2D eigenvalue weighted by Gasteiger charge is 2.21. The predicted octanol–water partition coefficient (Wildman–Crippen LogP) is 3.84. The lowest BCUT2D eigenvalue weighted by atomic mass is 10.0. The quantitative estimate of drug-likeness (QED) is 0.635. The molecule has 4 rings (SSSR count). The molecule has 3 aromatic rings. The van der Waals surface area contributed by atoms with Crippen LogP contribution in [0.1, 0.15) is 35.8 Å². The van der Waals surface area contributed by atoms with E-state index in [0.29, 0.717) is 29.4 Å². The normalized spacial score (nSPS) is 13.9. The Morgan fingerprint density at radius 3 is 2.42 bits per heavy atom. The summed E-state index contributed by atoms with van der Waals surface area (Å²) in [4.78, 5) is 26.6. The van der Waals surface area contributed by atoms with E-state index in [1.807, 2.05) is 55.1 Å². The third kappa shape index (κ3) is 4.56. The van der Waals surface area contributed by atoms with Crippen LogP contribution in [0.3, 0.4) is 0 Å². The number of piperazine rings is 1. The molecule has 1 saturated heterocycles. The lowest BCUT2D eigenvalue weighted by Gasteiger charge is -2.28. The number of hydrogen-bond acceptors (Lipinski definition) is 4. The molecule has 2 N–H and O–H groups in total. The van der Waals surface area contributed by atoms with Gasteiger partial charge in [0.1, 0.15) is 0 Å². The van der Waals surface area contributed by atoms with Gasteiger partial charge in [0, 0.05) is 29.5 Å². The number of carbonyl (C=O) groups is 2. The number of hydrogen-bond donors (Lipinski definition) is 2. The molecule has 1 aromatic heterocycles. The van der Waals surface area contributed by atoms with Gasteiger partial charge in [-0.1, -0.05) is 25.4 Å². The van der Waals surface area contributed by atoms with Crippen molar-refractivity contribution < 1.29 is 9.59 Å². The summed E-state index contributed by atoms with van der Waals surface area (Å²) in [6.45, 7) is 5.80. The summed E-state index contributed by atoms with van der Waals surface area (Å²) in [5.74, 6) is -0.108. The zero-order valence-corrected chi connectivity index (χ0v) is 18.2. The fourth-order valence-electron chi connectivity index (χ4n) is 3.69. The van der Waals surface area contributed by atoms with Crippen LogP contribution in [0.25, 0.3) is 5.69 Å². The predicted molar refractivity (Wildman–Crippen MR) is 122 cm³/mol. The number of nitrogens with zero attached hydrogens (tertiary/aromatic N) is 3. The second-order valence-electron chi connectivity index (χ2n) is 7.76. The average Bonchev–Trinajstić information content (AvgIpc) is 3.20. The Bertz CT molecular complexity index is 1090. The number of carbonyl (C=O) groups excluding carboxylic acids is 2. The summed E-state index contributed by atoms with van der Waals surface area (Å²) in [6, 6.07) is 14.9. The van der Waals surface area contributed by atoms with E-state index in [9.17, 15) is 9.59 Å². The molecular formula is C23H24ClN5O2. The fraction of sp³-hybridized carbons (Fsp3) is 0.261. The van der Waals surface area contributed by atoms with Crippen LogP contribution in [0, 0.1) is 0 Å². The molecule has 1 aliphatic heterocycles. The molecule has 2 aromatic carbocycles. The maximum absolute atomic E-state index is 13.0. The molecule has 0 aliphatic carbocycles. The van der Waals surface area contributed by atoms with Gasteiger partial charge in [-0.3, -0.25) is 9.59 Å². The van der Waals surface area contributed by atoms with Crippen LogP contribution >= 0.6 is 11.6 Å². The van der Waals surface area contributed by atoms with Gasteiger partial charge < -0.3 is 15.5 Å². The Kier molecular flexibility index (Phi) is 5.95. The summed E-state index contributed by atoms with van der Waals surface area (Å²) in [7, 11) is 0. The van der Waals surface area contributed by atoms with Gasteiger partial charge in [-0.15, -0.1) is 0 Å². The molecule has 0 saturated carbocycles. The first-order valence-corrected chi connectivity index (χ1v) is 10.6. The number of rotatable bonds is 5. The largest absolute Gasteiger partial charge is 0.360 e. The number of halogens is 1. The van der Waals surface area contributed by atoms with Crippen molar-refractivity contribution in [3.05, 3.63) is 71.0 Å². The summed E-state index contributed by atoms with van der Waals surface area (Å²) in [5, 5.41) is 10.9. The van der Waals surface area contributed by atoms with Gasteiger partial charge >= 0.3 is 0 Å². The highest BCUT2D eigenvalue weighted by molar-refractivity contribution is 6.30. The lowest BCUT2D eigenvalue weighted by molar-refractivity contribution is -0.120. The molecule has 0 atom stereocenters. The van der Waals surface area contributed by atoms with Crippen LogP contribution in [0.4, 0.5) is 11.4 Å². The summed E-state index contributed by atoms with van der Waals surface area (Å²) >= 11 is 6.00. The molecular weight excluding hydrogens is 414 g/mol. The van der Waals surface area contributed by atoms with Crippen molar-refractivity contribution in [2.75, 3.05) is 29.9 Å². The van der Waals surface area contributed by atoms with E-state index in [1.54, 1.807) is 23.0 Å². The summed E-state index contributed by atoms with van der Waals surface area (Å²) in [5.41, 5.74) is 3.84. The van der Waals surface area contributed by atoms with Gasteiger partial charge in [0.05, 0.1) is 29.7 Å². The van der Waals surface area contributed by atoms with Gasteiger partial charge in [0.25, 0.3) is 5.91 Å². The van der Waals surface area contributed by atoms with E-state index in [-0.39, 0.29) is 17.7 Å². The molecule has 160 valence electrons. The third-order valence-corrected chi connectivity index (χ3v) is 5.45. The van der Waals surface area contributed by atoms with Crippen molar-refractivity contribution in [2.45, 2.75) is 19.8 Å². The second-order valence-corrected chi connectivity index (χ2v) is 8.20. The van der Waals surface area contributed by atoms with Crippen molar-refractivity contribution in [1.29, 1.82) is 0 Å². The molecule has 0 bridgehead atoms. The second kappa shape index (κ2) is 8.81. The molecule has 1 aliphatic rings. The minimum Gasteiger partial charge on any atom is -0.360 e. The number of benzene rings is 2. The van der Waals surface area contributed by atoms with Crippen molar-refractivity contribution in [2.24, 2.45) is 0 Å². The molecule has 7 nitrogen and oxygen atoms in total. The Labute approximate surface area is 186 Å². The fourth-order valence-corrected chi connectivity index (χ4v) is 3.82. The van der Waals surface area contributed by atoms with Gasteiger partial charge in [0.2, 0.25) is 5.91 Å². The summed E-state index contributed by atoms with van der Waals surface area (Å²) in [6.07, 6.45) is 1.60. The zero-order valence-electron chi connectivity index (χ0n) is 17.4. The SMILES string of the molecule is CC(C)c1c(C(=O)Nc2ccc(N3CCNC(=O)C3)cc2)cnn1-c1ccc(Cl)cc1. The number of anilines is 2. The molecule has 2 heterocycles. The highest BCUT2D eigenvalue weighted by Crippen LogP contribution is 2.25. The van der Waals surface area contributed by atoms with Crippen molar-refractivity contribution in [3.63, 3.8) is 0 Å². The number of amides is 2. The molecule has 0 radical (unpaired) electrons. The van der Waals surface area contributed by atoms with Crippen LogP contribution in [-0.4, -0.2) is 41.2 Å². The van der Waals surface area contributed by atoms with Gasteiger partial charge in [-0.25, -0.2) is 4.68 Å². The lowest BCUT2D eigenvalue weighted by Crippen LogP contribution is -2.47. The molecule has 0 unspecified atom stereocenters. The smallest absolute Gasteiger partial charge is 0.259 e. The van der Waals surface area contributed by atoms with Crippen LogP contribution in [0.15, 0.2) is 54.7 Å². The van der Waals surface area contributed by atoms with E-state index >= 15 is 0 Å². The first-order chi connectivity index (χ1) is 14.9. The van der Waals surface area contributed by atoms with E-state index in [2.05, 4.69) is 15.7 Å². The van der Waals surface area contributed by atoms with E-state index < -0.39 is 0 Å². The van der Waals surface area contributed by atoms with Crippen LogP contribution in [-0.2, 0) is 4.79 Å². The first kappa shape index (κ1) is 20.9. The van der Waals surface area contributed by atoms with Crippen LogP contribution in [0.2, 0.25) is 5.02 Å². The number of nitrogens with one attached hydrogen (secondary N) is 2. The van der Waals surface area contributed by atoms with Crippen LogP contribution in [0.5, 0.6) is 0 Å². The molecule has 2 amide bonds. The molecule has 31 heavy (non-hydrogen) atoms. The van der Waals surface area contributed by atoms with Crippen LogP contribution < -0.4 is 15.5 Å². The molecule has 1 fully saturated rings. The number of aromatic nitrogens is 2. The van der Waals surface area contributed by atoms with E-state index in [4.69, 9.17) is 11.6 Å². The maximum Gasteiger partial charge on any atom is 0.259 e. The Hall–Kier alpha value is -3.32. The van der Waals surface area contributed by atoms with E-state index in [1.165, 1.54) is 0 Å². The Balaban J connectivity index is 1.53. The Morgan fingerprint density at radius 1 is 1.10 bits per heavy atom. The summed E-state index contributed by atoms with van der Waals surface area (Å²) < 4.78 is 1.78. The highest BCUT2D eigenvalue weighted by atomic mass is 35.5. The third-order valence-electron chi connectivity index (χ3n) is 5.20. The first-order valence-electron chi connectivity index (χ1n) is 10.2. The average molecular weight is 438 g/mol. The van der Waals surface area contributed by atoms with Crippen molar-refractivity contribution >= 4 is 34.8 Å². The van der Waals surface area contributed by atoms with Crippen molar-refractivity contribution in [3.8, 4) is 5.69 Å². The maximum atomic E-state index is 13.0. The van der Waals surface area contributed by atoms with Gasteiger partial charge in [0.15, 0.2) is 0 Å². The van der Waals surface area contributed by atoms with E-state index in [0.717, 1.165) is 23.6 Å². The minimum absolute atomic E-state index is 0.0162. The molecule has 8 heteroatoms. The van der Waals surface area contributed by atoms with Gasteiger partial charge in [-0.05, 0) is 54.4 Å². The van der Waals surface area contributed by atoms with Crippen molar-refractivity contribution in [1.82, 2.24) is 15.1 Å². The minimum atomic E-state index is -0.214.